The topological polar surface area (TPSA) is 52.6 Å². The number of esters is 2. The Morgan fingerprint density at radius 1 is 1.42 bits per heavy atom. The maximum absolute atomic E-state index is 11.5. The lowest BCUT2D eigenvalue weighted by Gasteiger charge is -2.05. The number of hydrogen-bond acceptors (Lipinski definition) is 4. The summed E-state index contributed by atoms with van der Waals surface area (Å²) >= 11 is 11.7. The fourth-order valence-electron chi connectivity index (χ4n) is 1.56. The van der Waals surface area contributed by atoms with Crippen LogP contribution in [0.25, 0.3) is 6.08 Å². The lowest BCUT2D eigenvalue weighted by molar-refractivity contribution is -0.156. The Labute approximate surface area is 119 Å². The third-order valence-electron chi connectivity index (χ3n) is 2.51. The Morgan fingerprint density at radius 3 is 2.84 bits per heavy atom. The van der Waals surface area contributed by atoms with Crippen molar-refractivity contribution in [3.05, 3.63) is 39.9 Å². The Morgan fingerprint density at radius 2 is 2.21 bits per heavy atom. The van der Waals surface area contributed by atoms with Crippen molar-refractivity contribution in [2.45, 2.75) is 12.5 Å². The van der Waals surface area contributed by atoms with Gasteiger partial charge >= 0.3 is 11.9 Å². The zero-order valence-electron chi connectivity index (χ0n) is 9.77. The van der Waals surface area contributed by atoms with Gasteiger partial charge in [-0.2, -0.15) is 0 Å². The Hall–Kier alpha value is -1.52. The van der Waals surface area contributed by atoms with E-state index in [1.165, 1.54) is 12.2 Å². The van der Waals surface area contributed by atoms with E-state index in [2.05, 4.69) is 4.74 Å². The maximum Gasteiger partial charge on any atom is 0.347 e. The first-order valence-corrected chi connectivity index (χ1v) is 6.32. The highest BCUT2D eigenvalue weighted by Gasteiger charge is 2.29. The number of ether oxygens (including phenoxy) is 2. The first kappa shape index (κ1) is 13.9. The predicted molar refractivity (Wildman–Crippen MR) is 71.0 cm³/mol. The molecule has 4 nitrogen and oxygen atoms in total. The number of carbonyl (C=O) groups excluding carboxylic acids is 2. The number of rotatable bonds is 3. The molecule has 0 bridgehead atoms. The highest BCUT2D eigenvalue weighted by molar-refractivity contribution is 6.35. The van der Waals surface area contributed by atoms with Crippen LogP contribution in [0, 0.1) is 0 Å². The van der Waals surface area contributed by atoms with Crippen LogP contribution in [0.15, 0.2) is 24.3 Å². The summed E-state index contributed by atoms with van der Waals surface area (Å²) in [5, 5.41) is 0.940. The number of benzene rings is 1. The van der Waals surface area contributed by atoms with E-state index in [0.717, 1.165) is 0 Å². The van der Waals surface area contributed by atoms with Crippen molar-refractivity contribution in [3.8, 4) is 0 Å². The molecule has 0 spiro atoms. The van der Waals surface area contributed by atoms with Gasteiger partial charge in [-0.3, -0.25) is 0 Å². The molecule has 0 unspecified atom stereocenters. The van der Waals surface area contributed by atoms with Crippen LogP contribution >= 0.6 is 23.2 Å². The van der Waals surface area contributed by atoms with Crippen LogP contribution in [0.2, 0.25) is 10.0 Å². The van der Waals surface area contributed by atoms with Crippen molar-refractivity contribution >= 4 is 41.2 Å². The molecule has 6 heteroatoms. The first-order chi connectivity index (χ1) is 9.06. The molecule has 1 aliphatic heterocycles. The molecule has 1 aliphatic rings. The normalized spacial score (nSPS) is 18.6. The van der Waals surface area contributed by atoms with Crippen LogP contribution in [0.1, 0.15) is 12.0 Å². The second kappa shape index (κ2) is 6.08. The van der Waals surface area contributed by atoms with Gasteiger partial charge < -0.3 is 9.47 Å². The van der Waals surface area contributed by atoms with E-state index in [1.54, 1.807) is 18.2 Å². The van der Waals surface area contributed by atoms with Crippen molar-refractivity contribution in [2.75, 3.05) is 6.61 Å². The fraction of sp³-hybridized carbons (Fsp3) is 0.231. The fourth-order valence-corrected chi connectivity index (χ4v) is 2.03. The molecule has 1 heterocycles. The molecule has 1 saturated heterocycles. The van der Waals surface area contributed by atoms with Crippen molar-refractivity contribution < 1.29 is 19.1 Å². The molecular weight excluding hydrogens is 291 g/mol. The summed E-state index contributed by atoms with van der Waals surface area (Å²) in [6.07, 6.45) is 2.29. The van der Waals surface area contributed by atoms with E-state index >= 15 is 0 Å². The van der Waals surface area contributed by atoms with E-state index in [0.29, 0.717) is 22.0 Å². The molecule has 0 amide bonds. The summed E-state index contributed by atoms with van der Waals surface area (Å²) in [4.78, 5) is 22.6. The summed E-state index contributed by atoms with van der Waals surface area (Å²) in [6, 6.07) is 4.91. The second-order valence-electron chi connectivity index (χ2n) is 3.88. The zero-order chi connectivity index (χ0) is 13.8. The third kappa shape index (κ3) is 3.72. The molecule has 0 radical (unpaired) electrons. The van der Waals surface area contributed by atoms with Crippen LogP contribution in [-0.4, -0.2) is 24.6 Å². The van der Waals surface area contributed by atoms with E-state index in [9.17, 15) is 9.59 Å². The van der Waals surface area contributed by atoms with Gasteiger partial charge in [-0.15, -0.1) is 0 Å². The van der Waals surface area contributed by atoms with Crippen LogP contribution < -0.4 is 0 Å². The molecule has 1 aromatic rings. The van der Waals surface area contributed by atoms with Crippen LogP contribution in [0.3, 0.4) is 0 Å². The monoisotopic (exact) mass is 300 g/mol. The minimum atomic E-state index is -0.808. The standard InChI is InChI=1S/C13H10Cl2O4/c14-9-3-1-8(10(15)7-9)2-4-12(16)19-11-5-6-18-13(11)17/h1-4,7,11H,5-6H2/b4-2+/t11-/m0/s1. The van der Waals surface area contributed by atoms with Crippen LogP contribution in [-0.2, 0) is 19.1 Å². The van der Waals surface area contributed by atoms with Gasteiger partial charge in [0.2, 0.25) is 6.10 Å². The van der Waals surface area contributed by atoms with E-state index in [1.807, 2.05) is 0 Å². The van der Waals surface area contributed by atoms with Crippen molar-refractivity contribution in [1.82, 2.24) is 0 Å². The molecule has 2 rings (SSSR count). The average molecular weight is 301 g/mol. The lowest BCUT2D eigenvalue weighted by Crippen LogP contribution is -2.21. The molecular formula is C13H10Cl2O4. The van der Waals surface area contributed by atoms with Crippen molar-refractivity contribution in [1.29, 1.82) is 0 Å². The molecule has 0 saturated carbocycles. The van der Waals surface area contributed by atoms with Gasteiger partial charge in [-0.05, 0) is 23.8 Å². The van der Waals surface area contributed by atoms with Crippen molar-refractivity contribution in [2.24, 2.45) is 0 Å². The third-order valence-corrected chi connectivity index (χ3v) is 3.07. The summed E-state index contributed by atoms with van der Waals surface area (Å²) in [5.74, 6) is -1.12. The maximum atomic E-state index is 11.5. The largest absolute Gasteiger partial charge is 0.463 e. The lowest BCUT2D eigenvalue weighted by atomic mass is 10.2. The summed E-state index contributed by atoms with van der Waals surface area (Å²) in [5.41, 5.74) is 0.636. The number of cyclic esters (lactones) is 1. The quantitative estimate of drug-likeness (QED) is 0.636. The molecule has 0 N–H and O–H groups in total. The highest BCUT2D eigenvalue weighted by Crippen LogP contribution is 2.22. The molecule has 1 fully saturated rings. The van der Waals surface area contributed by atoms with Gasteiger partial charge in [0.05, 0.1) is 6.61 Å². The SMILES string of the molecule is O=C(/C=C/c1ccc(Cl)cc1Cl)O[C@H]1CCOC1=O. The molecule has 19 heavy (non-hydrogen) atoms. The molecule has 100 valence electrons. The average Bonchev–Trinajstić information content (AvgIpc) is 2.74. The number of carbonyl (C=O) groups is 2. The Balaban J connectivity index is 1.98. The van der Waals surface area contributed by atoms with Gasteiger partial charge in [-0.25, -0.2) is 9.59 Å². The first-order valence-electron chi connectivity index (χ1n) is 5.56. The second-order valence-corrected chi connectivity index (χ2v) is 4.72. The number of halogens is 2. The smallest absolute Gasteiger partial charge is 0.347 e. The summed E-state index contributed by atoms with van der Waals surface area (Å²) in [6.45, 7) is 0.281. The number of hydrogen-bond donors (Lipinski definition) is 0. The van der Waals surface area contributed by atoms with E-state index in [4.69, 9.17) is 27.9 Å². The zero-order valence-corrected chi connectivity index (χ0v) is 11.3. The van der Waals surface area contributed by atoms with E-state index < -0.39 is 18.0 Å². The highest BCUT2D eigenvalue weighted by atomic mass is 35.5. The van der Waals surface area contributed by atoms with Gasteiger partial charge in [0.1, 0.15) is 0 Å². The Kier molecular flexibility index (Phi) is 4.45. The van der Waals surface area contributed by atoms with Crippen LogP contribution in [0.5, 0.6) is 0 Å². The van der Waals surface area contributed by atoms with Crippen molar-refractivity contribution in [3.63, 3.8) is 0 Å². The predicted octanol–water partition coefficient (Wildman–Crippen LogP) is 2.87. The van der Waals surface area contributed by atoms with Gasteiger partial charge in [0.25, 0.3) is 0 Å². The van der Waals surface area contributed by atoms with Crippen LogP contribution in [0.4, 0.5) is 0 Å². The summed E-state index contributed by atoms with van der Waals surface area (Å²) < 4.78 is 9.62. The minimum Gasteiger partial charge on any atom is -0.463 e. The minimum absolute atomic E-state index is 0.281. The Bertz CT molecular complexity index is 539. The summed E-state index contributed by atoms with van der Waals surface area (Å²) in [7, 11) is 0. The van der Waals surface area contributed by atoms with E-state index in [-0.39, 0.29) is 6.61 Å². The molecule has 0 aliphatic carbocycles. The van der Waals surface area contributed by atoms with Gasteiger partial charge in [0, 0.05) is 22.5 Å². The molecule has 1 atom stereocenters. The van der Waals surface area contributed by atoms with Gasteiger partial charge in [0.15, 0.2) is 0 Å². The van der Waals surface area contributed by atoms with Gasteiger partial charge in [-0.1, -0.05) is 29.3 Å². The molecule has 1 aromatic carbocycles. The molecule has 0 aromatic heterocycles.